The number of hydrogen-bond donors (Lipinski definition) is 1. The number of benzene rings is 1. The molecule has 0 amide bonds. The second-order valence-corrected chi connectivity index (χ2v) is 3.32. The predicted octanol–water partition coefficient (Wildman–Crippen LogP) is 2.77. The molecule has 0 saturated carbocycles. The molecular weight excluding hydrogens is 212 g/mol. The Kier molecular flexibility index (Phi) is 3.34. The minimum absolute atomic E-state index is 0.216. The van der Waals surface area contributed by atoms with E-state index >= 15 is 0 Å². The Bertz CT molecular complexity index is 344. The Morgan fingerprint density at radius 1 is 1.33 bits per heavy atom. The Hall–Kier alpha value is -1.10. The first-order valence-electron chi connectivity index (χ1n) is 4.35. The van der Waals surface area contributed by atoms with Crippen LogP contribution in [0.2, 0.25) is 0 Å². The number of halogens is 4. The van der Waals surface area contributed by atoms with Crippen LogP contribution in [0.5, 0.6) is 0 Å². The Morgan fingerprint density at radius 2 is 1.93 bits per heavy atom. The van der Waals surface area contributed by atoms with Crippen molar-refractivity contribution in [3.05, 3.63) is 35.1 Å². The van der Waals surface area contributed by atoms with E-state index in [2.05, 4.69) is 0 Å². The topological polar surface area (TPSA) is 20.2 Å². The van der Waals surface area contributed by atoms with Crippen LogP contribution in [-0.4, -0.2) is 11.2 Å². The van der Waals surface area contributed by atoms with Gasteiger partial charge >= 0.3 is 6.18 Å². The van der Waals surface area contributed by atoms with Crippen molar-refractivity contribution in [2.24, 2.45) is 0 Å². The molecule has 1 aromatic carbocycles. The van der Waals surface area contributed by atoms with Gasteiger partial charge in [-0.3, -0.25) is 0 Å². The van der Waals surface area contributed by atoms with Crippen LogP contribution in [0.25, 0.3) is 0 Å². The van der Waals surface area contributed by atoms with Crippen LogP contribution in [0.3, 0.4) is 0 Å². The SMILES string of the molecule is CC(O)Cc1cccc(F)c1C(F)(F)F. The summed E-state index contributed by atoms with van der Waals surface area (Å²) in [6.45, 7) is 1.35. The van der Waals surface area contributed by atoms with Crippen molar-refractivity contribution >= 4 is 0 Å². The Morgan fingerprint density at radius 3 is 2.40 bits per heavy atom. The van der Waals surface area contributed by atoms with E-state index < -0.39 is 23.7 Å². The smallest absolute Gasteiger partial charge is 0.393 e. The molecule has 0 heterocycles. The quantitative estimate of drug-likeness (QED) is 0.763. The maximum Gasteiger partial charge on any atom is 0.419 e. The van der Waals surface area contributed by atoms with Gasteiger partial charge in [0.05, 0.1) is 11.7 Å². The molecule has 84 valence electrons. The number of aliphatic hydroxyl groups excluding tert-OH is 1. The fourth-order valence-electron chi connectivity index (χ4n) is 1.37. The fourth-order valence-corrected chi connectivity index (χ4v) is 1.37. The van der Waals surface area contributed by atoms with Gasteiger partial charge in [-0.05, 0) is 25.0 Å². The van der Waals surface area contributed by atoms with Crippen molar-refractivity contribution in [3.8, 4) is 0 Å². The average molecular weight is 222 g/mol. The number of hydrogen-bond acceptors (Lipinski definition) is 1. The van der Waals surface area contributed by atoms with E-state index in [0.29, 0.717) is 0 Å². The summed E-state index contributed by atoms with van der Waals surface area (Å²) in [5.41, 5.74) is -1.51. The Labute approximate surface area is 84.3 Å². The molecule has 0 saturated heterocycles. The van der Waals surface area contributed by atoms with Crippen LogP contribution in [0.4, 0.5) is 17.6 Å². The van der Waals surface area contributed by atoms with Crippen molar-refractivity contribution in [1.82, 2.24) is 0 Å². The largest absolute Gasteiger partial charge is 0.419 e. The monoisotopic (exact) mass is 222 g/mol. The molecule has 1 unspecified atom stereocenters. The molecule has 1 rings (SSSR count). The molecule has 0 aromatic heterocycles. The summed E-state index contributed by atoms with van der Waals surface area (Å²) in [7, 11) is 0. The van der Waals surface area contributed by atoms with Crippen molar-refractivity contribution in [1.29, 1.82) is 0 Å². The molecule has 15 heavy (non-hydrogen) atoms. The lowest BCUT2D eigenvalue weighted by Crippen LogP contribution is -2.15. The third-order valence-electron chi connectivity index (χ3n) is 1.90. The molecule has 0 spiro atoms. The van der Waals surface area contributed by atoms with Gasteiger partial charge in [-0.1, -0.05) is 12.1 Å². The van der Waals surface area contributed by atoms with Gasteiger partial charge in [0.1, 0.15) is 5.82 Å². The summed E-state index contributed by atoms with van der Waals surface area (Å²) < 4.78 is 50.3. The third kappa shape index (κ3) is 2.92. The maximum atomic E-state index is 13.0. The molecule has 1 aromatic rings. The first-order chi connectivity index (χ1) is 6.82. The average Bonchev–Trinajstić information content (AvgIpc) is 1.99. The molecule has 1 N–H and O–H groups in total. The van der Waals surface area contributed by atoms with Crippen molar-refractivity contribution in [3.63, 3.8) is 0 Å². The van der Waals surface area contributed by atoms with Gasteiger partial charge in [-0.25, -0.2) is 4.39 Å². The molecule has 0 aliphatic heterocycles. The molecule has 0 bridgehead atoms. The van der Waals surface area contributed by atoms with Crippen molar-refractivity contribution < 1.29 is 22.7 Å². The Balaban J connectivity index is 3.21. The van der Waals surface area contributed by atoms with Crippen LogP contribution >= 0.6 is 0 Å². The summed E-state index contributed by atoms with van der Waals surface area (Å²) >= 11 is 0. The van der Waals surface area contributed by atoms with Crippen LogP contribution in [0.1, 0.15) is 18.1 Å². The maximum absolute atomic E-state index is 13.0. The molecule has 0 fully saturated rings. The number of aliphatic hydroxyl groups is 1. The lowest BCUT2D eigenvalue weighted by atomic mass is 10.0. The zero-order valence-corrected chi connectivity index (χ0v) is 7.98. The summed E-state index contributed by atoms with van der Waals surface area (Å²) in [6.07, 6.45) is -5.88. The summed E-state index contributed by atoms with van der Waals surface area (Å²) in [5, 5.41) is 9.00. The fraction of sp³-hybridized carbons (Fsp3) is 0.400. The van der Waals surface area contributed by atoms with Gasteiger partial charge in [0.25, 0.3) is 0 Å². The van der Waals surface area contributed by atoms with Crippen LogP contribution in [-0.2, 0) is 12.6 Å². The van der Waals surface area contributed by atoms with E-state index in [-0.39, 0.29) is 12.0 Å². The van der Waals surface area contributed by atoms with Gasteiger partial charge in [0.2, 0.25) is 0 Å². The minimum atomic E-state index is -4.73. The molecule has 5 heteroatoms. The highest BCUT2D eigenvalue weighted by molar-refractivity contribution is 5.31. The second kappa shape index (κ2) is 4.18. The summed E-state index contributed by atoms with van der Waals surface area (Å²) in [6, 6.07) is 3.12. The van der Waals surface area contributed by atoms with Gasteiger partial charge in [0, 0.05) is 0 Å². The van der Waals surface area contributed by atoms with E-state index in [0.717, 1.165) is 6.07 Å². The van der Waals surface area contributed by atoms with E-state index in [1.54, 1.807) is 0 Å². The summed E-state index contributed by atoms with van der Waals surface area (Å²) in [4.78, 5) is 0. The van der Waals surface area contributed by atoms with Crippen molar-refractivity contribution in [2.45, 2.75) is 25.6 Å². The standard InChI is InChI=1S/C10H10F4O/c1-6(15)5-7-3-2-4-8(11)9(7)10(12,13)14/h2-4,6,15H,5H2,1H3. The third-order valence-corrected chi connectivity index (χ3v) is 1.90. The number of rotatable bonds is 2. The molecule has 0 aliphatic rings. The lowest BCUT2D eigenvalue weighted by Gasteiger charge is -2.14. The minimum Gasteiger partial charge on any atom is -0.393 e. The second-order valence-electron chi connectivity index (χ2n) is 3.32. The van der Waals surface area contributed by atoms with E-state index in [1.807, 2.05) is 0 Å². The van der Waals surface area contributed by atoms with Gasteiger partial charge in [0.15, 0.2) is 0 Å². The van der Waals surface area contributed by atoms with Crippen LogP contribution in [0, 0.1) is 5.82 Å². The van der Waals surface area contributed by atoms with E-state index in [1.165, 1.54) is 19.1 Å². The lowest BCUT2D eigenvalue weighted by molar-refractivity contribution is -0.140. The highest BCUT2D eigenvalue weighted by atomic mass is 19.4. The van der Waals surface area contributed by atoms with Crippen molar-refractivity contribution in [2.75, 3.05) is 0 Å². The van der Waals surface area contributed by atoms with Crippen LogP contribution in [0.15, 0.2) is 18.2 Å². The zero-order chi connectivity index (χ0) is 11.6. The molecule has 1 nitrogen and oxygen atoms in total. The highest BCUT2D eigenvalue weighted by Crippen LogP contribution is 2.34. The predicted molar refractivity (Wildman–Crippen MR) is 46.8 cm³/mol. The summed E-state index contributed by atoms with van der Waals surface area (Å²) in [5.74, 6) is -1.30. The first-order valence-corrected chi connectivity index (χ1v) is 4.35. The molecule has 0 aliphatic carbocycles. The van der Waals surface area contributed by atoms with E-state index in [9.17, 15) is 17.6 Å². The number of alkyl halides is 3. The van der Waals surface area contributed by atoms with Gasteiger partial charge in [-0.15, -0.1) is 0 Å². The normalized spacial score (nSPS) is 14.0. The first kappa shape index (κ1) is 12.0. The van der Waals surface area contributed by atoms with Crippen LogP contribution < -0.4 is 0 Å². The molecular formula is C10H10F4O. The van der Waals surface area contributed by atoms with Gasteiger partial charge < -0.3 is 5.11 Å². The van der Waals surface area contributed by atoms with E-state index in [4.69, 9.17) is 5.11 Å². The zero-order valence-electron chi connectivity index (χ0n) is 7.98. The highest BCUT2D eigenvalue weighted by Gasteiger charge is 2.36. The molecule has 1 atom stereocenters. The van der Waals surface area contributed by atoms with Gasteiger partial charge in [-0.2, -0.15) is 13.2 Å². The molecule has 0 radical (unpaired) electrons.